The van der Waals surface area contributed by atoms with Gasteiger partial charge in [-0.2, -0.15) is 0 Å². The van der Waals surface area contributed by atoms with Crippen LogP contribution in [0.15, 0.2) is 34.1 Å². The Bertz CT molecular complexity index is 789. The van der Waals surface area contributed by atoms with E-state index in [2.05, 4.69) is 26.2 Å². The lowest BCUT2D eigenvalue weighted by Gasteiger charge is -2.04. The number of aromatic nitrogens is 1. The summed E-state index contributed by atoms with van der Waals surface area (Å²) in [7, 11) is 1.57. The number of benzene rings is 1. The van der Waals surface area contributed by atoms with Crippen LogP contribution in [0.5, 0.6) is 5.75 Å². The minimum atomic E-state index is -0.340. The van der Waals surface area contributed by atoms with Gasteiger partial charge in [0.25, 0.3) is 0 Å². The third-order valence-electron chi connectivity index (χ3n) is 3.02. The average molecular weight is 425 g/mol. The lowest BCUT2D eigenvalue weighted by molar-refractivity contribution is -0.142. The average Bonchev–Trinajstić information content (AvgIpc) is 3.00. The van der Waals surface area contributed by atoms with E-state index in [0.29, 0.717) is 23.2 Å². The molecule has 0 bridgehead atoms. The number of carbonyl (C=O) groups excluding carboxylic acids is 2. The van der Waals surface area contributed by atoms with Crippen molar-refractivity contribution in [2.24, 2.45) is 0 Å². The first-order chi connectivity index (χ1) is 12.0. The van der Waals surface area contributed by atoms with Gasteiger partial charge in [0.15, 0.2) is 5.13 Å². The van der Waals surface area contributed by atoms with Crippen LogP contribution >= 0.6 is 27.3 Å². The predicted molar refractivity (Wildman–Crippen MR) is 101 cm³/mol. The Morgan fingerprint density at radius 1 is 1.40 bits per heavy atom. The smallest absolute Gasteiger partial charge is 0.311 e. The van der Waals surface area contributed by atoms with Gasteiger partial charge in [0.05, 0.1) is 25.8 Å². The molecular formula is C17H17BrN2O4S. The van der Waals surface area contributed by atoms with Crippen molar-refractivity contribution in [3.8, 4) is 5.75 Å². The molecular weight excluding hydrogens is 408 g/mol. The summed E-state index contributed by atoms with van der Waals surface area (Å²) in [6.07, 6.45) is 3.15. The molecule has 0 aliphatic rings. The zero-order valence-corrected chi connectivity index (χ0v) is 16.1. The van der Waals surface area contributed by atoms with E-state index in [1.807, 2.05) is 18.2 Å². The predicted octanol–water partition coefficient (Wildman–Crippen LogP) is 3.67. The minimum Gasteiger partial charge on any atom is -0.496 e. The molecule has 132 valence electrons. The van der Waals surface area contributed by atoms with Gasteiger partial charge in [-0.05, 0) is 31.2 Å². The van der Waals surface area contributed by atoms with Crippen LogP contribution in [0.2, 0.25) is 0 Å². The first-order valence-electron chi connectivity index (χ1n) is 7.44. The van der Waals surface area contributed by atoms with Gasteiger partial charge in [-0.1, -0.05) is 15.9 Å². The van der Waals surface area contributed by atoms with E-state index < -0.39 is 0 Å². The molecule has 1 aromatic carbocycles. The number of halogens is 1. The summed E-state index contributed by atoms with van der Waals surface area (Å²) in [6.45, 7) is 2.08. The molecule has 1 N–H and O–H groups in total. The number of amides is 1. The SMILES string of the molecule is CCOC(=O)Cc1csc(NC(=O)/C=C/c2cc(Br)ccc2OC)n1. The van der Waals surface area contributed by atoms with E-state index in [1.54, 1.807) is 25.5 Å². The molecule has 2 rings (SSSR count). The fourth-order valence-electron chi connectivity index (χ4n) is 1.95. The molecule has 2 aromatic rings. The highest BCUT2D eigenvalue weighted by Gasteiger charge is 2.09. The summed E-state index contributed by atoms with van der Waals surface area (Å²) in [6, 6.07) is 5.52. The fourth-order valence-corrected chi connectivity index (χ4v) is 3.05. The summed E-state index contributed by atoms with van der Waals surface area (Å²) in [5, 5.41) is 4.81. The van der Waals surface area contributed by atoms with Gasteiger partial charge < -0.3 is 9.47 Å². The Balaban J connectivity index is 1.97. The number of nitrogens with one attached hydrogen (secondary N) is 1. The third-order valence-corrected chi connectivity index (χ3v) is 4.32. The Hall–Kier alpha value is -2.19. The van der Waals surface area contributed by atoms with Crippen LogP contribution < -0.4 is 10.1 Å². The number of nitrogens with zero attached hydrogens (tertiary/aromatic N) is 1. The van der Waals surface area contributed by atoms with Gasteiger partial charge in [0.2, 0.25) is 5.91 Å². The van der Waals surface area contributed by atoms with Crippen LogP contribution in [0.4, 0.5) is 5.13 Å². The number of ether oxygens (including phenoxy) is 2. The first-order valence-corrected chi connectivity index (χ1v) is 9.11. The lowest BCUT2D eigenvalue weighted by Crippen LogP contribution is -2.09. The van der Waals surface area contributed by atoms with Crippen molar-refractivity contribution in [2.75, 3.05) is 19.0 Å². The molecule has 6 nitrogen and oxygen atoms in total. The Morgan fingerprint density at radius 2 is 2.20 bits per heavy atom. The molecule has 0 saturated heterocycles. The Kier molecular flexibility index (Phi) is 7.15. The molecule has 0 unspecified atom stereocenters. The van der Waals surface area contributed by atoms with E-state index in [0.717, 1.165) is 10.0 Å². The van der Waals surface area contributed by atoms with E-state index in [4.69, 9.17) is 9.47 Å². The first kappa shape index (κ1) is 19.1. The van der Waals surface area contributed by atoms with Crippen LogP contribution in [-0.4, -0.2) is 30.6 Å². The Labute approximate surface area is 158 Å². The second-order valence-electron chi connectivity index (χ2n) is 4.83. The second kappa shape index (κ2) is 9.33. The molecule has 25 heavy (non-hydrogen) atoms. The molecule has 0 spiro atoms. The van der Waals surface area contributed by atoms with Crippen LogP contribution in [0.25, 0.3) is 6.08 Å². The quantitative estimate of drug-likeness (QED) is 0.541. The molecule has 0 aliphatic carbocycles. The fraction of sp³-hybridized carbons (Fsp3) is 0.235. The van der Waals surface area contributed by atoms with Crippen molar-refractivity contribution >= 4 is 50.4 Å². The summed E-state index contributed by atoms with van der Waals surface area (Å²) < 4.78 is 11.0. The van der Waals surface area contributed by atoms with Crippen LogP contribution in [-0.2, 0) is 20.7 Å². The molecule has 0 saturated carbocycles. The molecule has 0 radical (unpaired) electrons. The zero-order valence-electron chi connectivity index (χ0n) is 13.7. The molecule has 0 fully saturated rings. The highest BCUT2D eigenvalue weighted by atomic mass is 79.9. The number of carbonyl (C=O) groups is 2. The second-order valence-corrected chi connectivity index (χ2v) is 6.61. The van der Waals surface area contributed by atoms with E-state index in [1.165, 1.54) is 17.4 Å². The maximum absolute atomic E-state index is 12.0. The number of thiazole rings is 1. The minimum absolute atomic E-state index is 0.0886. The van der Waals surface area contributed by atoms with Crippen LogP contribution in [0.3, 0.4) is 0 Å². The van der Waals surface area contributed by atoms with Crippen molar-refractivity contribution in [1.82, 2.24) is 4.98 Å². The van der Waals surface area contributed by atoms with Crippen molar-refractivity contribution < 1.29 is 19.1 Å². The summed E-state index contributed by atoms with van der Waals surface area (Å²) in [5.41, 5.74) is 1.34. The monoisotopic (exact) mass is 424 g/mol. The van der Waals surface area contributed by atoms with Gasteiger partial charge in [-0.15, -0.1) is 11.3 Å². The van der Waals surface area contributed by atoms with Crippen LogP contribution in [0.1, 0.15) is 18.2 Å². The number of hydrogen-bond acceptors (Lipinski definition) is 6. The number of methoxy groups -OCH3 is 1. The molecule has 0 aliphatic heterocycles. The van der Waals surface area contributed by atoms with E-state index in [9.17, 15) is 9.59 Å². The standard InChI is InChI=1S/C17H17BrN2O4S/c1-3-24-16(22)9-13-10-25-17(19-13)20-15(21)7-4-11-8-12(18)5-6-14(11)23-2/h4-8,10H,3,9H2,1-2H3,(H,19,20,21)/b7-4+. The maximum atomic E-state index is 12.0. The maximum Gasteiger partial charge on any atom is 0.311 e. The number of rotatable bonds is 7. The van der Waals surface area contributed by atoms with Crippen molar-refractivity contribution in [2.45, 2.75) is 13.3 Å². The zero-order chi connectivity index (χ0) is 18.2. The van der Waals surface area contributed by atoms with Crippen molar-refractivity contribution in [1.29, 1.82) is 0 Å². The molecule has 0 atom stereocenters. The van der Waals surface area contributed by atoms with E-state index in [-0.39, 0.29) is 18.3 Å². The largest absolute Gasteiger partial charge is 0.496 e. The molecule has 8 heteroatoms. The molecule has 1 aromatic heterocycles. The van der Waals surface area contributed by atoms with Crippen molar-refractivity contribution in [3.63, 3.8) is 0 Å². The Morgan fingerprint density at radius 3 is 2.92 bits per heavy atom. The van der Waals surface area contributed by atoms with Gasteiger partial charge in [-0.3, -0.25) is 14.9 Å². The van der Waals surface area contributed by atoms with Gasteiger partial charge >= 0.3 is 5.97 Å². The summed E-state index contributed by atoms with van der Waals surface area (Å²) in [4.78, 5) is 27.6. The highest BCUT2D eigenvalue weighted by molar-refractivity contribution is 9.10. The van der Waals surface area contributed by atoms with Crippen LogP contribution in [0, 0.1) is 0 Å². The molecule has 1 heterocycles. The van der Waals surface area contributed by atoms with E-state index >= 15 is 0 Å². The number of hydrogen-bond donors (Lipinski definition) is 1. The highest BCUT2D eigenvalue weighted by Crippen LogP contribution is 2.24. The topological polar surface area (TPSA) is 77.5 Å². The molecule has 1 amide bonds. The van der Waals surface area contributed by atoms with Gasteiger partial charge in [0, 0.05) is 21.5 Å². The van der Waals surface area contributed by atoms with Crippen molar-refractivity contribution in [3.05, 3.63) is 45.4 Å². The number of anilines is 1. The lowest BCUT2D eigenvalue weighted by atomic mass is 10.2. The van der Waals surface area contributed by atoms with Gasteiger partial charge in [0.1, 0.15) is 5.75 Å². The number of esters is 1. The summed E-state index contributed by atoms with van der Waals surface area (Å²) >= 11 is 4.64. The summed E-state index contributed by atoms with van der Waals surface area (Å²) in [5.74, 6) is 0.00427. The van der Waals surface area contributed by atoms with Gasteiger partial charge in [-0.25, -0.2) is 4.98 Å². The third kappa shape index (κ3) is 5.99. The normalized spacial score (nSPS) is 10.7.